The minimum absolute atomic E-state index is 0.0811. The van der Waals surface area contributed by atoms with Crippen LogP contribution in [0.25, 0.3) is 0 Å². The summed E-state index contributed by atoms with van der Waals surface area (Å²) in [6.07, 6.45) is 5.90. The van der Waals surface area contributed by atoms with E-state index in [2.05, 4.69) is 33.8 Å². The summed E-state index contributed by atoms with van der Waals surface area (Å²) in [6, 6.07) is 0. The zero-order valence-electron chi connectivity index (χ0n) is 11.1. The SMILES string of the molecule is CC(C)[C@@H]1C(O)C[C@H](C)C2=CC[C@H](C)C[C@H]21. The van der Waals surface area contributed by atoms with Crippen LogP contribution in [0.1, 0.15) is 47.0 Å². The lowest BCUT2D eigenvalue weighted by Gasteiger charge is -2.46. The zero-order chi connectivity index (χ0) is 11.9. The molecule has 0 aliphatic heterocycles. The summed E-state index contributed by atoms with van der Waals surface area (Å²) in [4.78, 5) is 0. The van der Waals surface area contributed by atoms with Gasteiger partial charge in [0.25, 0.3) is 0 Å². The Morgan fingerprint density at radius 2 is 1.94 bits per heavy atom. The number of aliphatic hydroxyl groups is 1. The highest BCUT2D eigenvalue weighted by Crippen LogP contribution is 2.47. The first-order valence-electron chi connectivity index (χ1n) is 6.88. The predicted octanol–water partition coefficient (Wildman–Crippen LogP) is 3.63. The molecule has 0 radical (unpaired) electrons. The van der Waals surface area contributed by atoms with Gasteiger partial charge in [-0.2, -0.15) is 0 Å². The minimum Gasteiger partial charge on any atom is -0.393 e. The molecule has 1 nitrogen and oxygen atoms in total. The van der Waals surface area contributed by atoms with Crippen molar-refractivity contribution in [2.75, 3.05) is 0 Å². The lowest BCUT2D eigenvalue weighted by atomic mass is 9.61. The first-order valence-corrected chi connectivity index (χ1v) is 6.88. The Bertz CT molecular complexity index is 279. The number of rotatable bonds is 1. The molecule has 0 aromatic heterocycles. The van der Waals surface area contributed by atoms with Crippen molar-refractivity contribution in [3.8, 4) is 0 Å². The molecule has 5 atom stereocenters. The Morgan fingerprint density at radius 3 is 2.56 bits per heavy atom. The largest absolute Gasteiger partial charge is 0.393 e. The lowest BCUT2D eigenvalue weighted by molar-refractivity contribution is 0.00542. The summed E-state index contributed by atoms with van der Waals surface area (Å²) in [5.74, 6) is 3.14. The van der Waals surface area contributed by atoms with E-state index >= 15 is 0 Å². The second kappa shape index (κ2) is 4.52. The molecule has 92 valence electrons. The van der Waals surface area contributed by atoms with E-state index in [4.69, 9.17) is 0 Å². The van der Waals surface area contributed by atoms with Gasteiger partial charge in [-0.25, -0.2) is 0 Å². The first-order chi connectivity index (χ1) is 7.50. The van der Waals surface area contributed by atoms with E-state index in [0.29, 0.717) is 23.7 Å². The molecule has 16 heavy (non-hydrogen) atoms. The topological polar surface area (TPSA) is 20.2 Å². The van der Waals surface area contributed by atoms with Crippen LogP contribution in [0, 0.1) is 29.6 Å². The summed E-state index contributed by atoms with van der Waals surface area (Å²) in [7, 11) is 0. The van der Waals surface area contributed by atoms with Crippen molar-refractivity contribution < 1.29 is 5.11 Å². The van der Waals surface area contributed by atoms with E-state index in [1.165, 1.54) is 12.8 Å². The van der Waals surface area contributed by atoms with Gasteiger partial charge in [-0.1, -0.05) is 39.3 Å². The maximum Gasteiger partial charge on any atom is 0.0582 e. The van der Waals surface area contributed by atoms with Crippen LogP contribution in [0.3, 0.4) is 0 Å². The second-order valence-corrected chi connectivity index (χ2v) is 6.41. The fourth-order valence-electron chi connectivity index (χ4n) is 3.93. The van der Waals surface area contributed by atoms with Gasteiger partial charge in [0.1, 0.15) is 0 Å². The molecule has 1 unspecified atom stereocenters. The van der Waals surface area contributed by atoms with Crippen LogP contribution in [0.5, 0.6) is 0 Å². The van der Waals surface area contributed by atoms with Crippen LogP contribution >= 0.6 is 0 Å². The molecule has 0 aromatic carbocycles. The Labute approximate surface area is 99.9 Å². The highest BCUT2D eigenvalue weighted by atomic mass is 16.3. The molecule has 2 aliphatic rings. The Balaban J connectivity index is 2.27. The molecule has 0 saturated heterocycles. The van der Waals surface area contributed by atoms with Crippen molar-refractivity contribution in [1.82, 2.24) is 0 Å². The molecule has 0 heterocycles. The average molecular weight is 222 g/mol. The Hall–Kier alpha value is -0.300. The average Bonchev–Trinajstić information content (AvgIpc) is 2.15. The van der Waals surface area contributed by atoms with Crippen molar-refractivity contribution in [3.05, 3.63) is 11.6 Å². The Morgan fingerprint density at radius 1 is 1.25 bits per heavy atom. The standard InChI is InChI=1S/C15H26O/c1-9(2)15-13-7-10(3)5-6-12(13)11(4)8-14(15)16/h6,9-11,13-16H,5,7-8H2,1-4H3/t10-,11-,13+,14?,15-/m0/s1. The highest BCUT2D eigenvalue weighted by Gasteiger charge is 2.41. The summed E-state index contributed by atoms with van der Waals surface area (Å²) in [5, 5.41) is 10.3. The highest BCUT2D eigenvalue weighted by molar-refractivity contribution is 5.19. The van der Waals surface area contributed by atoms with Crippen LogP contribution in [0.2, 0.25) is 0 Å². The molecule has 2 aliphatic carbocycles. The third-order valence-electron chi connectivity index (χ3n) is 4.68. The van der Waals surface area contributed by atoms with E-state index in [-0.39, 0.29) is 6.10 Å². The van der Waals surface area contributed by atoms with Crippen molar-refractivity contribution >= 4 is 0 Å². The van der Waals surface area contributed by atoms with Gasteiger partial charge in [0.2, 0.25) is 0 Å². The smallest absolute Gasteiger partial charge is 0.0582 e. The summed E-state index contributed by atoms with van der Waals surface area (Å²) in [5.41, 5.74) is 1.65. The molecule has 0 amide bonds. The molecule has 2 rings (SSSR count). The van der Waals surface area contributed by atoms with Gasteiger partial charge < -0.3 is 5.11 Å². The zero-order valence-corrected chi connectivity index (χ0v) is 11.1. The predicted molar refractivity (Wildman–Crippen MR) is 68.1 cm³/mol. The number of hydrogen-bond acceptors (Lipinski definition) is 1. The number of allylic oxidation sites excluding steroid dienone is 2. The van der Waals surface area contributed by atoms with Gasteiger partial charge in [-0.15, -0.1) is 0 Å². The third-order valence-corrected chi connectivity index (χ3v) is 4.68. The maximum atomic E-state index is 10.3. The van der Waals surface area contributed by atoms with Crippen molar-refractivity contribution in [3.63, 3.8) is 0 Å². The quantitative estimate of drug-likeness (QED) is 0.672. The van der Waals surface area contributed by atoms with Gasteiger partial charge in [0, 0.05) is 0 Å². The maximum absolute atomic E-state index is 10.3. The fourth-order valence-corrected chi connectivity index (χ4v) is 3.93. The fraction of sp³-hybridized carbons (Fsp3) is 0.867. The number of fused-ring (bicyclic) bond motifs is 1. The molecular formula is C15H26O. The number of aliphatic hydroxyl groups excluding tert-OH is 1. The van der Waals surface area contributed by atoms with Crippen molar-refractivity contribution in [1.29, 1.82) is 0 Å². The van der Waals surface area contributed by atoms with Crippen LogP contribution in [-0.4, -0.2) is 11.2 Å². The van der Waals surface area contributed by atoms with E-state index in [1.54, 1.807) is 5.57 Å². The lowest BCUT2D eigenvalue weighted by Crippen LogP contribution is -2.42. The van der Waals surface area contributed by atoms with Crippen LogP contribution in [0.4, 0.5) is 0 Å². The minimum atomic E-state index is -0.0811. The van der Waals surface area contributed by atoms with Crippen molar-refractivity contribution in [2.24, 2.45) is 29.6 Å². The van der Waals surface area contributed by atoms with E-state index < -0.39 is 0 Å². The van der Waals surface area contributed by atoms with E-state index in [1.807, 2.05) is 0 Å². The third kappa shape index (κ3) is 2.07. The molecule has 1 saturated carbocycles. The van der Waals surface area contributed by atoms with Gasteiger partial charge in [-0.3, -0.25) is 0 Å². The molecule has 0 aromatic rings. The first kappa shape index (κ1) is 12.2. The molecule has 1 heteroatoms. The monoisotopic (exact) mass is 222 g/mol. The molecular weight excluding hydrogens is 196 g/mol. The Kier molecular flexibility index (Phi) is 3.44. The molecule has 0 spiro atoms. The van der Waals surface area contributed by atoms with Crippen LogP contribution < -0.4 is 0 Å². The molecule has 1 fully saturated rings. The van der Waals surface area contributed by atoms with Gasteiger partial charge in [0.15, 0.2) is 0 Å². The van der Waals surface area contributed by atoms with Gasteiger partial charge >= 0.3 is 0 Å². The van der Waals surface area contributed by atoms with E-state index in [0.717, 1.165) is 12.3 Å². The van der Waals surface area contributed by atoms with Crippen molar-refractivity contribution in [2.45, 2.75) is 53.1 Å². The van der Waals surface area contributed by atoms with E-state index in [9.17, 15) is 5.11 Å². The normalized spacial score (nSPS) is 44.1. The summed E-state index contributed by atoms with van der Waals surface area (Å²) < 4.78 is 0. The second-order valence-electron chi connectivity index (χ2n) is 6.41. The molecule has 1 N–H and O–H groups in total. The summed E-state index contributed by atoms with van der Waals surface area (Å²) >= 11 is 0. The number of hydrogen-bond donors (Lipinski definition) is 1. The summed E-state index contributed by atoms with van der Waals surface area (Å²) in [6.45, 7) is 9.16. The van der Waals surface area contributed by atoms with Crippen LogP contribution in [0.15, 0.2) is 11.6 Å². The van der Waals surface area contributed by atoms with Gasteiger partial charge in [-0.05, 0) is 48.9 Å². The van der Waals surface area contributed by atoms with Crippen LogP contribution in [-0.2, 0) is 0 Å². The molecule has 0 bridgehead atoms. The van der Waals surface area contributed by atoms with Gasteiger partial charge in [0.05, 0.1) is 6.10 Å².